The molecule has 0 N–H and O–H groups in total. The summed E-state index contributed by atoms with van der Waals surface area (Å²) in [6.07, 6.45) is 5.18. The van der Waals surface area contributed by atoms with Crippen LogP contribution in [0.15, 0.2) is 24.3 Å². The number of hydrogen-bond donors (Lipinski definition) is 0. The average molecular weight is 231 g/mol. The number of unbranched alkanes of at least 4 members (excludes halogenated alkanes) is 1. The first kappa shape index (κ1) is 15.7. The summed E-state index contributed by atoms with van der Waals surface area (Å²) in [5, 5.41) is 8.45. The largest absolute Gasteiger partial charge is 0.192 e. The fourth-order valence-electron chi connectivity index (χ4n) is 1.43. The lowest BCUT2D eigenvalue weighted by atomic mass is 10.1. The number of rotatable bonds is 4. The van der Waals surface area contributed by atoms with Crippen LogP contribution in [0.2, 0.25) is 0 Å². The standard InChI is InChI=1S/C9H9N.C7H16/c1-2-8-3-5-9(7-10)6-4-8;1-4-5-6-7(2)3/h3-6H,2H2,1H3;7H,4-6H2,1-3H3. The van der Waals surface area contributed by atoms with Crippen molar-refractivity contribution in [2.45, 2.75) is 53.4 Å². The lowest BCUT2D eigenvalue weighted by Crippen LogP contribution is -1.83. The molecule has 0 saturated carbocycles. The molecule has 0 amide bonds. The highest BCUT2D eigenvalue weighted by Gasteiger charge is 1.89. The molecule has 1 nitrogen and oxygen atoms in total. The Labute approximate surface area is 106 Å². The van der Waals surface area contributed by atoms with Crippen LogP contribution in [0.1, 0.15) is 58.1 Å². The van der Waals surface area contributed by atoms with E-state index in [9.17, 15) is 0 Å². The molecule has 1 heteroatoms. The third-order valence-corrected chi connectivity index (χ3v) is 2.63. The van der Waals surface area contributed by atoms with Crippen LogP contribution in [0, 0.1) is 17.2 Å². The molecule has 0 bridgehead atoms. The topological polar surface area (TPSA) is 23.8 Å². The van der Waals surface area contributed by atoms with Crippen molar-refractivity contribution in [2.24, 2.45) is 5.92 Å². The molecule has 0 aliphatic carbocycles. The Morgan fingerprint density at radius 2 is 1.71 bits per heavy atom. The maximum atomic E-state index is 8.45. The Bertz CT molecular complexity index is 316. The van der Waals surface area contributed by atoms with Gasteiger partial charge in [-0.25, -0.2) is 0 Å². The fraction of sp³-hybridized carbons (Fsp3) is 0.562. The SMILES string of the molecule is CCCCC(C)C.CCc1ccc(C#N)cc1. The normalized spacial score (nSPS) is 9.41. The smallest absolute Gasteiger partial charge is 0.0991 e. The minimum absolute atomic E-state index is 0.734. The third kappa shape index (κ3) is 8.51. The van der Waals surface area contributed by atoms with Gasteiger partial charge in [0.25, 0.3) is 0 Å². The van der Waals surface area contributed by atoms with E-state index in [0.29, 0.717) is 0 Å². The van der Waals surface area contributed by atoms with Crippen molar-refractivity contribution in [1.82, 2.24) is 0 Å². The molecule has 1 rings (SSSR count). The molecule has 0 aliphatic heterocycles. The maximum Gasteiger partial charge on any atom is 0.0991 e. The molecule has 0 atom stereocenters. The van der Waals surface area contributed by atoms with Crippen molar-refractivity contribution in [3.05, 3.63) is 35.4 Å². The zero-order valence-corrected chi connectivity index (χ0v) is 11.7. The van der Waals surface area contributed by atoms with Gasteiger partial charge in [0.05, 0.1) is 11.6 Å². The van der Waals surface area contributed by atoms with Crippen molar-refractivity contribution < 1.29 is 0 Å². The van der Waals surface area contributed by atoms with E-state index in [2.05, 4.69) is 33.8 Å². The number of hydrogen-bond acceptors (Lipinski definition) is 1. The highest BCUT2D eigenvalue weighted by atomic mass is 14.2. The van der Waals surface area contributed by atoms with E-state index < -0.39 is 0 Å². The highest BCUT2D eigenvalue weighted by Crippen LogP contribution is 2.04. The van der Waals surface area contributed by atoms with E-state index >= 15 is 0 Å². The van der Waals surface area contributed by atoms with Crippen LogP contribution in [-0.4, -0.2) is 0 Å². The van der Waals surface area contributed by atoms with Crippen molar-refractivity contribution in [2.75, 3.05) is 0 Å². The van der Waals surface area contributed by atoms with Crippen LogP contribution < -0.4 is 0 Å². The van der Waals surface area contributed by atoms with E-state index in [-0.39, 0.29) is 0 Å². The summed E-state index contributed by atoms with van der Waals surface area (Å²) >= 11 is 0. The molecule has 1 aromatic carbocycles. The van der Waals surface area contributed by atoms with E-state index in [4.69, 9.17) is 5.26 Å². The second-order valence-electron chi connectivity index (χ2n) is 4.70. The van der Waals surface area contributed by atoms with Crippen LogP contribution in [0.3, 0.4) is 0 Å². The van der Waals surface area contributed by atoms with Gasteiger partial charge in [0, 0.05) is 0 Å². The Kier molecular flexibility index (Phi) is 9.15. The van der Waals surface area contributed by atoms with Crippen LogP contribution in [-0.2, 0) is 6.42 Å². The quantitative estimate of drug-likeness (QED) is 0.719. The zero-order valence-electron chi connectivity index (χ0n) is 11.7. The average Bonchev–Trinajstić information content (AvgIpc) is 2.37. The summed E-state index contributed by atoms with van der Waals surface area (Å²) in [4.78, 5) is 0. The van der Waals surface area contributed by atoms with Gasteiger partial charge in [0.2, 0.25) is 0 Å². The third-order valence-electron chi connectivity index (χ3n) is 2.63. The molecule has 0 unspecified atom stereocenters. The summed E-state index contributed by atoms with van der Waals surface area (Å²) in [7, 11) is 0. The Balaban J connectivity index is 0.000000325. The van der Waals surface area contributed by atoms with Crippen molar-refractivity contribution in [3.63, 3.8) is 0 Å². The minimum Gasteiger partial charge on any atom is -0.192 e. The van der Waals surface area contributed by atoms with E-state index in [1.54, 1.807) is 0 Å². The van der Waals surface area contributed by atoms with Gasteiger partial charge in [0.1, 0.15) is 0 Å². The van der Waals surface area contributed by atoms with Gasteiger partial charge in [-0.05, 0) is 30.0 Å². The lowest BCUT2D eigenvalue weighted by Gasteiger charge is -1.98. The first-order valence-corrected chi connectivity index (χ1v) is 6.63. The van der Waals surface area contributed by atoms with Gasteiger partial charge >= 0.3 is 0 Å². The molecule has 1 aromatic rings. The summed E-state index contributed by atoms with van der Waals surface area (Å²) in [5.74, 6) is 0.903. The molecule has 0 saturated heterocycles. The van der Waals surface area contributed by atoms with Crippen LogP contribution in [0.4, 0.5) is 0 Å². The van der Waals surface area contributed by atoms with Gasteiger partial charge in [-0.3, -0.25) is 0 Å². The Morgan fingerprint density at radius 1 is 1.12 bits per heavy atom. The van der Waals surface area contributed by atoms with Crippen molar-refractivity contribution in [1.29, 1.82) is 5.26 Å². The first-order chi connectivity index (χ1) is 8.13. The number of aryl methyl sites for hydroxylation is 1. The van der Waals surface area contributed by atoms with Crippen molar-refractivity contribution >= 4 is 0 Å². The van der Waals surface area contributed by atoms with Gasteiger partial charge in [-0.15, -0.1) is 0 Å². The second-order valence-corrected chi connectivity index (χ2v) is 4.70. The van der Waals surface area contributed by atoms with Gasteiger partial charge in [-0.1, -0.05) is 59.1 Å². The zero-order chi connectivity index (χ0) is 13.1. The summed E-state index contributed by atoms with van der Waals surface area (Å²) < 4.78 is 0. The molecule has 0 fully saturated rings. The van der Waals surface area contributed by atoms with E-state index in [0.717, 1.165) is 17.9 Å². The number of benzene rings is 1. The number of nitrogens with zero attached hydrogens (tertiary/aromatic N) is 1. The Morgan fingerprint density at radius 3 is 2.00 bits per heavy atom. The van der Waals surface area contributed by atoms with Gasteiger partial charge < -0.3 is 0 Å². The second kappa shape index (κ2) is 9.90. The summed E-state index contributed by atoms with van der Waals surface area (Å²) in [5.41, 5.74) is 2.01. The predicted octanol–water partition coefficient (Wildman–Crippen LogP) is 4.95. The van der Waals surface area contributed by atoms with Gasteiger partial charge in [-0.2, -0.15) is 5.26 Å². The highest BCUT2D eigenvalue weighted by molar-refractivity contribution is 5.31. The van der Waals surface area contributed by atoms with Crippen molar-refractivity contribution in [3.8, 4) is 6.07 Å². The minimum atomic E-state index is 0.734. The maximum absolute atomic E-state index is 8.45. The molecule has 0 aromatic heterocycles. The summed E-state index contributed by atoms with van der Waals surface area (Å²) in [6.45, 7) is 8.88. The van der Waals surface area contributed by atoms with Gasteiger partial charge in [0.15, 0.2) is 0 Å². The molecule has 0 heterocycles. The monoisotopic (exact) mass is 231 g/mol. The molecular weight excluding hydrogens is 206 g/mol. The molecule has 0 spiro atoms. The van der Waals surface area contributed by atoms with E-state index in [1.165, 1.54) is 24.8 Å². The summed E-state index contributed by atoms with van der Waals surface area (Å²) in [6, 6.07) is 9.74. The predicted molar refractivity (Wildman–Crippen MR) is 74.9 cm³/mol. The molecule has 94 valence electrons. The Hall–Kier alpha value is -1.29. The first-order valence-electron chi connectivity index (χ1n) is 6.63. The van der Waals surface area contributed by atoms with E-state index in [1.807, 2.05) is 24.3 Å². The van der Waals surface area contributed by atoms with Crippen LogP contribution in [0.5, 0.6) is 0 Å². The molecule has 17 heavy (non-hydrogen) atoms. The van der Waals surface area contributed by atoms with Crippen LogP contribution >= 0.6 is 0 Å². The molecular formula is C16H25N. The molecule has 0 radical (unpaired) electrons. The fourth-order valence-corrected chi connectivity index (χ4v) is 1.43. The number of nitriles is 1. The van der Waals surface area contributed by atoms with Crippen LogP contribution in [0.25, 0.3) is 0 Å². The molecule has 0 aliphatic rings. The lowest BCUT2D eigenvalue weighted by molar-refractivity contribution is 0.550.